The number of ether oxygens (including phenoxy) is 2. The molecule has 4 nitrogen and oxygen atoms in total. The minimum absolute atomic E-state index is 0. The lowest BCUT2D eigenvalue weighted by molar-refractivity contribution is 0.0482. The van der Waals surface area contributed by atoms with E-state index in [-0.39, 0.29) is 18.4 Å². The molecule has 0 amide bonds. The fraction of sp³-hybridized carbons (Fsp3) is 0.588. The highest BCUT2D eigenvalue weighted by molar-refractivity contribution is 5.89. The van der Waals surface area contributed by atoms with Gasteiger partial charge in [-0.15, -0.1) is 12.4 Å². The van der Waals surface area contributed by atoms with Crippen molar-refractivity contribution in [3.05, 3.63) is 29.8 Å². The molecule has 0 N–H and O–H groups in total. The Labute approximate surface area is 140 Å². The average Bonchev–Trinajstić information content (AvgIpc) is 2.47. The predicted octanol–water partition coefficient (Wildman–Crippen LogP) is 3.79. The number of halogens is 1. The SMILES string of the molecule is CCCCCCOc1ccc(C(=O)OCCN(C)C)cc1.Cl. The molecule has 0 aromatic heterocycles. The maximum absolute atomic E-state index is 11.8. The van der Waals surface area contributed by atoms with Crippen LogP contribution in [0, 0.1) is 0 Å². The summed E-state index contributed by atoms with van der Waals surface area (Å²) >= 11 is 0. The van der Waals surface area contributed by atoms with Gasteiger partial charge in [0.15, 0.2) is 0 Å². The monoisotopic (exact) mass is 329 g/mol. The zero-order valence-corrected chi connectivity index (χ0v) is 14.7. The smallest absolute Gasteiger partial charge is 0.338 e. The van der Waals surface area contributed by atoms with E-state index in [4.69, 9.17) is 9.47 Å². The van der Waals surface area contributed by atoms with Crippen molar-refractivity contribution in [2.75, 3.05) is 33.9 Å². The van der Waals surface area contributed by atoms with Crippen LogP contribution in [0.15, 0.2) is 24.3 Å². The zero-order valence-electron chi connectivity index (χ0n) is 13.8. The fourth-order valence-corrected chi connectivity index (χ4v) is 1.81. The molecule has 0 unspecified atom stereocenters. The van der Waals surface area contributed by atoms with Gasteiger partial charge in [-0.05, 0) is 44.8 Å². The molecule has 0 radical (unpaired) electrons. The number of nitrogens with zero attached hydrogens (tertiary/aromatic N) is 1. The summed E-state index contributed by atoms with van der Waals surface area (Å²) < 4.78 is 10.8. The van der Waals surface area contributed by atoms with Gasteiger partial charge >= 0.3 is 5.97 Å². The van der Waals surface area contributed by atoms with E-state index in [0.717, 1.165) is 25.3 Å². The van der Waals surface area contributed by atoms with E-state index in [9.17, 15) is 4.79 Å². The lowest BCUT2D eigenvalue weighted by Gasteiger charge is -2.10. The molecule has 1 aromatic carbocycles. The Hall–Kier alpha value is -1.26. The Kier molecular flexibility index (Phi) is 11.6. The van der Waals surface area contributed by atoms with Crippen molar-refractivity contribution in [2.24, 2.45) is 0 Å². The van der Waals surface area contributed by atoms with Gasteiger partial charge in [0.1, 0.15) is 12.4 Å². The Morgan fingerprint density at radius 3 is 2.32 bits per heavy atom. The van der Waals surface area contributed by atoms with Crippen LogP contribution in [0.5, 0.6) is 5.75 Å². The molecule has 1 aromatic rings. The number of carbonyl (C=O) groups is 1. The first-order valence-corrected chi connectivity index (χ1v) is 7.68. The minimum Gasteiger partial charge on any atom is -0.494 e. The number of hydrogen-bond acceptors (Lipinski definition) is 4. The molecule has 126 valence electrons. The fourth-order valence-electron chi connectivity index (χ4n) is 1.81. The Morgan fingerprint density at radius 2 is 1.73 bits per heavy atom. The molecule has 0 heterocycles. The van der Waals surface area contributed by atoms with Crippen molar-refractivity contribution in [3.8, 4) is 5.75 Å². The minimum atomic E-state index is -0.286. The molecule has 1 rings (SSSR count). The van der Waals surface area contributed by atoms with Gasteiger partial charge in [-0.25, -0.2) is 4.79 Å². The third-order valence-corrected chi connectivity index (χ3v) is 3.13. The maximum Gasteiger partial charge on any atom is 0.338 e. The van der Waals surface area contributed by atoms with E-state index in [1.165, 1.54) is 19.3 Å². The van der Waals surface area contributed by atoms with E-state index >= 15 is 0 Å². The summed E-state index contributed by atoms with van der Waals surface area (Å²) in [5, 5.41) is 0. The van der Waals surface area contributed by atoms with Crippen molar-refractivity contribution >= 4 is 18.4 Å². The second-order valence-corrected chi connectivity index (χ2v) is 5.37. The van der Waals surface area contributed by atoms with Crippen LogP contribution in [0.1, 0.15) is 43.0 Å². The zero-order chi connectivity index (χ0) is 15.5. The van der Waals surface area contributed by atoms with Gasteiger partial charge in [0.25, 0.3) is 0 Å². The van der Waals surface area contributed by atoms with Crippen LogP contribution < -0.4 is 4.74 Å². The van der Waals surface area contributed by atoms with Crippen LogP contribution in [-0.4, -0.2) is 44.7 Å². The number of unbranched alkanes of at least 4 members (excludes halogenated alkanes) is 3. The molecular formula is C17H28ClNO3. The van der Waals surface area contributed by atoms with Gasteiger partial charge in [-0.2, -0.15) is 0 Å². The van der Waals surface area contributed by atoms with Crippen molar-refractivity contribution in [1.29, 1.82) is 0 Å². The molecule has 0 atom stereocenters. The van der Waals surface area contributed by atoms with Crippen LogP contribution >= 0.6 is 12.4 Å². The average molecular weight is 330 g/mol. The summed E-state index contributed by atoms with van der Waals surface area (Å²) in [5.74, 6) is 0.516. The number of likely N-dealkylation sites (N-methyl/N-ethyl adjacent to an activating group) is 1. The normalized spacial score (nSPS) is 10.2. The molecule has 22 heavy (non-hydrogen) atoms. The molecular weight excluding hydrogens is 302 g/mol. The van der Waals surface area contributed by atoms with Crippen molar-refractivity contribution < 1.29 is 14.3 Å². The highest BCUT2D eigenvalue weighted by Crippen LogP contribution is 2.13. The van der Waals surface area contributed by atoms with E-state index in [0.29, 0.717) is 12.2 Å². The molecule has 0 saturated carbocycles. The first-order valence-electron chi connectivity index (χ1n) is 7.68. The van der Waals surface area contributed by atoms with Gasteiger partial charge < -0.3 is 14.4 Å². The molecule has 5 heteroatoms. The Morgan fingerprint density at radius 1 is 1.05 bits per heavy atom. The molecule has 0 aliphatic carbocycles. The highest BCUT2D eigenvalue weighted by Gasteiger charge is 2.07. The second-order valence-electron chi connectivity index (χ2n) is 5.37. The summed E-state index contributed by atoms with van der Waals surface area (Å²) in [6.45, 7) is 4.05. The second kappa shape index (κ2) is 12.3. The number of hydrogen-bond donors (Lipinski definition) is 0. The lowest BCUT2D eigenvalue weighted by atomic mass is 10.2. The summed E-state index contributed by atoms with van der Waals surface area (Å²) in [6, 6.07) is 7.14. The number of benzene rings is 1. The molecule has 0 aliphatic rings. The summed E-state index contributed by atoms with van der Waals surface area (Å²) in [6.07, 6.45) is 4.75. The largest absolute Gasteiger partial charge is 0.494 e. The summed E-state index contributed by atoms with van der Waals surface area (Å²) in [4.78, 5) is 13.8. The predicted molar refractivity (Wildman–Crippen MR) is 92.2 cm³/mol. The van der Waals surface area contributed by atoms with Gasteiger partial charge in [-0.1, -0.05) is 26.2 Å². The topological polar surface area (TPSA) is 38.8 Å². The van der Waals surface area contributed by atoms with Gasteiger partial charge in [-0.3, -0.25) is 0 Å². The molecule has 0 spiro atoms. The maximum atomic E-state index is 11.8. The Balaban J connectivity index is 0.00000441. The third-order valence-electron chi connectivity index (χ3n) is 3.13. The van der Waals surface area contributed by atoms with Crippen molar-refractivity contribution in [1.82, 2.24) is 4.90 Å². The van der Waals surface area contributed by atoms with Gasteiger partial charge in [0.05, 0.1) is 12.2 Å². The third kappa shape index (κ3) is 8.90. The van der Waals surface area contributed by atoms with Crippen molar-refractivity contribution in [2.45, 2.75) is 32.6 Å². The van der Waals surface area contributed by atoms with Crippen LogP contribution in [0.4, 0.5) is 0 Å². The summed E-state index contributed by atoms with van der Waals surface area (Å²) in [7, 11) is 3.89. The highest BCUT2D eigenvalue weighted by atomic mass is 35.5. The van der Waals surface area contributed by atoms with E-state index in [1.807, 2.05) is 31.1 Å². The van der Waals surface area contributed by atoms with Crippen LogP contribution in [-0.2, 0) is 4.74 Å². The Bertz CT molecular complexity index is 407. The molecule has 0 fully saturated rings. The van der Waals surface area contributed by atoms with Crippen molar-refractivity contribution in [3.63, 3.8) is 0 Å². The molecule has 0 saturated heterocycles. The van der Waals surface area contributed by atoms with E-state index in [1.54, 1.807) is 12.1 Å². The van der Waals surface area contributed by atoms with Crippen LogP contribution in [0.3, 0.4) is 0 Å². The number of esters is 1. The molecule has 0 aliphatic heterocycles. The first-order chi connectivity index (χ1) is 10.1. The number of rotatable bonds is 10. The first kappa shape index (κ1) is 20.7. The standard InChI is InChI=1S/C17H27NO3.ClH/c1-4-5-6-7-13-20-16-10-8-15(9-11-16)17(19)21-14-12-18(2)3;/h8-11H,4-7,12-14H2,1-3H3;1H. The number of carbonyl (C=O) groups excluding carboxylic acids is 1. The van der Waals surface area contributed by atoms with Gasteiger partial charge in [0.2, 0.25) is 0 Å². The van der Waals surface area contributed by atoms with Crippen LogP contribution in [0.25, 0.3) is 0 Å². The molecule has 0 bridgehead atoms. The lowest BCUT2D eigenvalue weighted by Crippen LogP contribution is -2.20. The van der Waals surface area contributed by atoms with Crippen LogP contribution in [0.2, 0.25) is 0 Å². The quantitative estimate of drug-likeness (QED) is 0.483. The van der Waals surface area contributed by atoms with E-state index in [2.05, 4.69) is 6.92 Å². The summed E-state index contributed by atoms with van der Waals surface area (Å²) in [5.41, 5.74) is 0.562. The van der Waals surface area contributed by atoms with E-state index < -0.39 is 0 Å². The van der Waals surface area contributed by atoms with Gasteiger partial charge in [0, 0.05) is 6.54 Å².